The minimum absolute atomic E-state index is 0.199. The van der Waals surface area contributed by atoms with E-state index in [4.69, 9.17) is 4.42 Å². The largest absolute Gasteiger partial charge is 0.454 e. The number of nitrogens with zero attached hydrogens (tertiary/aromatic N) is 1. The Morgan fingerprint density at radius 1 is 0.680 bits per heavy atom. The van der Waals surface area contributed by atoms with Crippen molar-refractivity contribution in [3.05, 3.63) is 78.0 Å². The van der Waals surface area contributed by atoms with Crippen molar-refractivity contribution in [2.24, 2.45) is 0 Å². The van der Waals surface area contributed by atoms with Gasteiger partial charge in [0.05, 0.1) is 0 Å². The second-order valence-corrected chi connectivity index (χ2v) is 5.50. The first kappa shape index (κ1) is 15.4. The van der Waals surface area contributed by atoms with E-state index in [0.717, 1.165) is 24.3 Å². The van der Waals surface area contributed by atoms with Crippen LogP contribution in [0.25, 0.3) is 33.6 Å². The second kappa shape index (κ2) is 5.73. The number of halogens is 4. The van der Waals surface area contributed by atoms with E-state index < -0.39 is 23.3 Å². The topological polar surface area (TPSA) is 26.0 Å². The number of pyridine rings is 1. The molecule has 4 aromatic rings. The summed E-state index contributed by atoms with van der Waals surface area (Å²) in [5.41, 5.74) is 1.57. The molecular formula is C19H9F4NO. The van der Waals surface area contributed by atoms with Crippen molar-refractivity contribution < 1.29 is 22.0 Å². The molecule has 0 aliphatic rings. The van der Waals surface area contributed by atoms with Gasteiger partial charge in [0.2, 0.25) is 0 Å². The molecule has 0 aliphatic carbocycles. The van der Waals surface area contributed by atoms with Crippen molar-refractivity contribution in [1.82, 2.24) is 4.98 Å². The van der Waals surface area contributed by atoms with Crippen LogP contribution in [0.5, 0.6) is 0 Å². The molecule has 2 heterocycles. The van der Waals surface area contributed by atoms with Gasteiger partial charge in [-0.05, 0) is 35.9 Å². The number of fused-ring (bicyclic) bond motifs is 1. The van der Waals surface area contributed by atoms with Crippen LogP contribution in [0.15, 0.2) is 59.1 Å². The predicted molar refractivity (Wildman–Crippen MR) is 84.7 cm³/mol. The maximum atomic E-state index is 13.5. The number of benzene rings is 2. The summed E-state index contributed by atoms with van der Waals surface area (Å²) in [5, 5.41) is 0. The summed E-state index contributed by atoms with van der Waals surface area (Å²) < 4.78 is 59.5. The lowest BCUT2D eigenvalue weighted by molar-refractivity contribution is 0.579. The molecule has 25 heavy (non-hydrogen) atoms. The fourth-order valence-corrected chi connectivity index (χ4v) is 2.71. The Labute approximate surface area is 139 Å². The van der Waals surface area contributed by atoms with Gasteiger partial charge in [-0.3, -0.25) is 4.98 Å². The first-order valence-electron chi connectivity index (χ1n) is 7.31. The molecule has 124 valence electrons. The third kappa shape index (κ3) is 2.87. The van der Waals surface area contributed by atoms with Crippen LogP contribution in [0.1, 0.15) is 0 Å². The Hall–Kier alpha value is -3.15. The zero-order valence-corrected chi connectivity index (χ0v) is 12.6. The maximum absolute atomic E-state index is 13.5. The van der Waals surface area contributed by atoms with Crippen LogP contribution in [-0.2, 0) is 0 Å². The van der Waals surface area contributed by atoms with Crippen molar-refractivity contribution in [1.29, 1.82) is 0 Å². The summed E-state index contributed by atoms with van der Waals surface area (Å²) in [6, 6.07) is 9.18. The average Bonchev–Trinajstić information content (AvgIpc) is 2.97. The highest BCUT2D eigenvalue weighted by Crippen LogP contribution is 2.34. The quantitative estimate of drug-likeness (QED) is 0.435. The first-order chi connectivity index (χ1) is 12.0. The Morgan fingerprint density at radius 2 is 1.24 bits per heavy atom. The summed E-state index contributed by atoms with van der Waals surface area (Å²) in [6.07, 6.45) is 1.46. The van der Waals surface area contributed by atoms with Gasteiger partial charge in [-0.25, -0.2) is 17.6 Å². The zero-order valence-electron chi connectivity index (χ0n) is 12.6. The lowest BCUT2D eigenvalue weighted by Crippen LogP contribution is -1.85. The standard InChI is InChI=1S/C19H9F4NO/c20-12-3-10(4-13(21)7-12)16-1-2-24-17-9-18(25-19(16)17)11-5-14(22)8-15(23)6-11/h1-9H. The summed E-state index contributed by atoms with van der Waals surface area (Å²) in [4.78, 5) is 4.13. The smallest absolute Gasteiger partial charge is 0.161 e. The number of rotatable bonds is 2. The van der Waals surface area contributed by atoms with Crippen molar-refractivity contribution in [3.8, 4) is 22.5 Å². The number of aromatic nitrogens is 1. The van der Waals surface area contributed by atoms with E-state index in [0.29, 0.717) is 11.1 Å². The zero-order chi connectivity index (χ0) is 17.6. The van der Waals surface area contributed by atoms with E-state index in [1.807, 2.05) is 0 Å². The minimum atomic E-state index is -0.740. The number of hydrogen-bond donors (Lipinski definition) is 0. The summed E-state index contributed by atoms with van der Waals surface area (Å²) in [5.74, 6) is -2.73. The molecule has 2 aromatic carbocycles. The molecule has 0 aliphatic heterocycles. The third-order valence-corrected chi connectivity index (χ3v) is 3.73. The molecular weight excluding hydrogens is 334 g/mol. The molecule has 0 atom stereocenters. The van der Waals surface area contributed by atoms with Gasteiger partial charge in [0.1, 0.15) is 34.5 Å². The van der Waals surface area contributed by atoms with Gasteiger partial charge >= 0.3 is 0 Å². The molecule has 0 saturated carbocycles. The fourth-order valence-electron chi connectivity index (χ4n) is 2.71. The monoisotopic (exact) mass is 343 g/mol. The highest BCUT2D eigenvalue weighted by Gasteiger charge is 2.15. The summed E-state index contributed by atoms with van der Waals surface area (Å²) in [6.45, 7) is 0. The molecule has 0 fully saturated rings. The van der Waals surface area contributed by atoms with Crippen LogP contribution < -0.4 is 0 Å². The van der Waals surface area contributed by atoms with Crippen molar-refractivity contribution in [3.63, 3.8) is 0 Å². The SMILES string of the molecule is Fc1cc(F)cc(-c2cc3nccc(-c4cc(F)cc(F)c4)c3o2)c1. The van der Waals surface area contributed by atoms with Crippen LogP contribution in [0.4, 0.5) is 17.6 Å². The lowest BCUT2D eigenvalue weighted by Gasteiger charge is -2.03. The maximum Gasteiger partial charge on any atom is 0.161 e. The van der Waals surface area contributed by atoms with Crippen LogP contribution in [0, 0.1) is 23.3 Å². The van der Waals surface area contributed by atoms with Crippen LogP contribution in [0.3, 0.4) is 0 Å². The van der Waals surface area contributed by atoms with E-state index in [-0.39, 0.29) is 22.5 Å². The van der Waals surface area contributed by atoms with Crippen molar-refractivity contribution >= 4 is 11.1 Å². The fraction of sp³-hybridized carbons (Fsp3) is 0. The van der Waals surface area contributed by atoms with Gasteiger partial charge in [-0.15, -0.1) is 0 Å². The Morgan fingerprint density at radius 3 is 1.84 bits per heavy atom. The van der Waals surface area contributed by atoms with Crippen LogP contribution in [-0.4, -0.2) is 4.98 Å². The average molecular weight is 343 g/mol. The lowest BCUT2D eigenvalue weighted by atomic mass is 10.1. The van der Waals surface area contributed by atoms with E-state index in [1.165, 1.54) is 24.4 Å². The van der Waals surface area contributed by atoms with Gasteiger partial charge < -0.3 is 4.42 Å². The molecule has 2 nitrogen and oxygen atoms in total. The third-order valence-electron chi connectivity index (χ3n) is 3.73. The molecule has 6 heteroatoms. The van der Waals surface area contributed by atoms with E-state index in [2.05, 4.69) is 4.98 Å². The highest BCUT2D eigenvalue weighted by atomic mass is 19.1. The van der Waals surface area contributed by atoms with Gasteiger partial charge in [0.15, 0.2) is 5.58 Å². The van der Waals surface area contributed by atoms with Gasteiger partial charge in [-0.2, -0.15) is 0 Å². The van der Waals surface area contributed by atoms with Gasteiger partial charge in [0, 0.05) is 35.5 Å². The van der Waals surface area contributed by atoms with Crippen LogP contribution in [0.2, 0.25) is 0 Å². The molecule has 0 radical (unpaired) electrons. The predicted octanol–water partition coefficient (Wildman–Crippen LogP) is 5.72. The number of furan rings is 1. The summed E-state index contributed by atoms with van der Waals surface area (Å²) in [7, 11) is 0. The highest BCUT2D eigenvalue weighted by molar-refractivity contribution is 5.92. The van der Waals surface area contributed by atoms with E-state index >= 15 is 0 Å². The van der Waals surface area contributed by atoms with E-state index in [9.17, 15) is 17.6 Å². The Bertz CT molecular complexity index is 1060. The molecule has 0 N–H and O–H groups in total. The number of hydrogen-bond acceptors (Lipinski definition) is 2. The molecule has 0 spiro atoms. The first-order valence-corrected chi connectivity index (χ1v) is 7.31. The molecule has 0 amide bonds. The molecule has 4 rings (SSSR count). The second-order valence-electron chi connectivity index (χ2n) is 5.50. The minimum Gasteiger partial charge on any atom is -0.454 e. The van der Waals surface area contributed by atoms with Crippen molar-refractivity contribution in [2.45, 2.75) is 0 Å². The van der Waals surface area contributed by atoms with Crippen LogP contribution >= 0.6 is 0 Å². The Kier molecular flexibility index (Phi) is 3.53. The molecule has 0 unspecified atom stereocenters. The van der Waals surface area contributed by atoms with E-state index in [1.54, 1.807) is 6.07 Å². The summed E-state index contributed by atoms with van der Waals surface area (Å²) >= 11 is 0. The Balaban J connectivity index is 1.92. The molecule has 2 aromatic heterocycles. The molecule has 0 saturated heterocycles. The van der Waals surface area contributed by atoms with Crippen molar-refractivity contribution in [2.75, 3.05) is 0 Å². The molecule has 0 bridgehead atoms. The normalized spacial score (nSPS) is 11.2. The van der Waals surface area contributed by atoms with Gasteiger partial charge in [-0.1, -0.05) is 0 Å². The van der Waals surface area contributed by atoms with Gasteiger partial charge in [0.25, 0.3) is 0 Å².